The molecule has 0 radical (unpaired) electrons. The van der Waals surface area contributed by atoms with Crippen molar-refractivity contribution in [1.29, 1.82) is 0 Å². The summed E-state index contributed by atoms with van der Waals surface area (Å²) in [6.07, 6.45) is 1.87. The van der Waals surface area contributed by atoms with Gasteiger partial charge in [-0.3, -0.25) is 9.20 Å². The van der Waals surface area contributed by atoms with Crippen molar-refractivity contribution in [2.24, 2.45) is 0 Å². The fourth-order valence-electron chi connectivity index (χ4n) is 2.07. The maximum atomic E-state index is 12.2. The predicted molar refractivity (Wildman–Crippen MR) is 83.0 cm³/mol. The highest BCUT2D eigenvalue weighted by atomic mass is 79.9. The van der Waals surface area contributed by atoms with Crippen LogP contribution in [0.25, 0.3) is 5.65 Å². The largest absolute Gasteiger partial charge is 0.345 e. The average Bonchev–Trinajstić information content (AvgIpc) is 2.88. The third-order valence-electron chi connectivity index (χ3n) is 3.16. The number of pyridine rings is 1. The average molecular weight is 345 g/mol. The first kappa shape index (κ1) is 13.8. The Kier molecular flexibility index (Phi) is 3.70. The minimum absolute atomic E-state index is 0.144. The lowest BCUT2D eigenvalue weighted by Crippen LogP contribution is -2.24. The van der Waals surface area contributed by atoms with Gasteiger partial charge >= 0.3 is 0 Å². The molecule has 5 nitrogen and oxygen atoms in total. The molecule has 21 heavy (non-hydrogen) atoms. The van der Waals surface area contributed by atoms with Crippen molar-refractivity contribution in [2.45, 2.75) is 13.5 Å². The number of carbonyl (C=O) groups excluding carboxylic acids is 1. The highest BCUT2D eigenvalue weighted by Gasteiger charge is 2.11. The molecule has 1 amide bonds. The van der Waals surface area contributed by atoms with E-state index in [-0.39, 0.29) is 5.91 Å². The fourth-order valence-corrected chi connectivity index (χ4v) is 2.74. The lowest BCUT2D eigenvalue weighted by molar-refractivity contribution is 0.0949. The number of halogens is 1. The molecule has 0 aliphatic heterocycles. The summed E-state index contributed by atoms with van der Waals surface area (Å²) < 4.78 is 2.64. The second-order valence-electron chi connectivity index (χ2n) is 4.71. The Morgan fingerprint density at radius 3 is 2.95 bits per heavy atom. The highest BCUT2D eigenvalue weighted by molar-refractivity contribution is 9.10. The molecule has 0 spiro atoms. The third-order valence-corrected chi connectivity index (χ3v) is 3.82. The van der Waals surface area contributed by atoms with Gasteiger partial charge in [-0.05, 0) is 52.7 Å². The molecule has 2 heterocycles. The van der Waals surface area contributed by atoms with Gasteiger partial charge in [-0.2, -0.15) is 0 Å². The molecule has 0 saturated heterocycles. The van der Waals surface area contributed by atoms with Crippen molar-refractivity contribution in [3.63, 3.8) is 0 Å². The van der Waals surface area contributed by atoms with Crippen LogP contribution in [0.5, 0.6) is 0 Å². The molecule has 1 N–H and O–H groups in total. The maximum absolute atomic E-state index is 12.2. The lowest BCUT2D eigenvalue weighted by atomic mass is 10.1. The van der Waals surface area contributed by atoms with E-state index in [2.05, 4.69) is 31.4 Å². The molecule has 0 bridgehead atoms. The first-order valence-corrected chi connectivity index (χ1v) is 7.27. The lowest BCUT2D eigenvalue weighted by Gasteiger charge is -2.06. The van der Waals surface area contributed by atoms with Crippen LogP contribution in [-0.4, -0.2) is 20.5 Å². The van der Waals surface area contributed by atoms with Gasteiger partial charge in [-0.25, -0.2) is 0 Å². The SMILES string of the molecule is Cc1ccc(C(=O)NCc2nnc3ccccn23)c(Br)c1. The van der Waals surface area contributed by atoms with E-state index in [4.69, 9.17) is 0 Å². The molecule has 0 aliphatic carbocycles. The topological polar surface area (TPSA) is 59.3 Å². The molecule has 0 fully saturated rings. The van der Waals surface area contributed by atoms with Gasteiger partial charge in [0.15, 0.2) is 11.5 Å². The van der Waals surface area contributed by atoms with E-state index in [1.807, 2.05) is 47.9 Å². The van der Waals surface area contributed by atoms with Gasteiger partial charge in [0, 0.05) is 10.7 Å². The molecule has 3 aromatic rings. The smallest absolute Gasteiger partial charge is 0.252 e. The molecule has 106 valence electrons. The Morgan fingerprint density at radius 1 is 1.29 bits per heavy atom. The summed E-state index contributed by atoms with van der Waals surface area (Å²) in [6.45, 7) is 2.30. The Morgan fingerprint density at radius 2 is 2.14 bits per heavy atom. The maximum Gasteiger partial charge on any atom is 0.252 e. The minimum atomic E-state index is -0.144. The highest BCUT2D eigenvalue weighted by Crippen LogP contribution is 2.18. The van der Waals surface area contributed by atoms with Crippen LogP contribution in [0.2, 0.25) is 0 Å². The van der Waals surface area contributed by atoms with Gasteiger partial charge in [-0.15, -0.1) is 10.2 Å². The molecule has 6 heteroatoms. The first-order valence-electron chi connectivity index (χ1n) is 6.48. The number of fused-ring (bicyclic) bond motifs is 1. The third kappa shape index (κ3) is 2.80. The van der Waals surface area contributed by atoms with Crippen molar-refractivity contribution in [3.8, 4) is 0 Å². The van der Waals surface area contributed by atoms with Gasteiger partial charge in [0.2, 0.25) is 0 Å². The Balaban J connectivity index is 1.77. The normalized spacial score (nSPS) is 10.8. The monoisotopic (exact) mass is 344 g/mol. The summed E-state index contributed by atoms with van der Waals surface area (Å²) in [7, 11) is 0. The first-order chi connectivity index (χ1) is 10.1. The zero-order valence-corrected chi connectivity index (χ0v) is 13.0. The van der Waals surface area contributed by atoms with Crippen molar-refractivity contribution in [1.82, 2.24) is 19.9 Å². The summed E-state index contributed by atoms with van der Waals surface area (Å²) in [5.41, 5.74) is 2.47. The number of nitrogens with zero attached hydrogens (tertiary/aromatic N) is 3. The molecular formula is C15H13BrN4O. The van der Waals surface area contributed by atoms with Gasteiger partial charge in [0.05, 0.1) is 12.1 Å². The molecule has 0 saturated carbocycles. The van der Waals surface area contributed by atoms with Crippen LogP contribution in [0.3, 0.4) is 0 Å². The van der Waals surface area contributed by atoms with Crippen molar-refractivity contribution in [2.75, 3.05) is 0 Å². The molecular weight excluding hydrogens is 332 g/mol. The van der Waals surface area contributed by atoms with E-state index in [0.29, 0.717) is 17.9 Å². The Hall–Kier alpha value is -2.21. The number of hydrogen-bond acceptors (Lipinski definition) is 3. The van der Waals surface area contributed by atoms with E-state index in [1.165, 1.54) is 0 Å². The second-order valence-corrected chi connectivity index (χ2v) is 5.57. The summed E-state index contributed by atoms with van der Waals surface area (Å²) >= 11 is 3.41. The number of amides is 1. The predicted octanol–water partition coefficient (Wildman–Crippen LogP) is 2.73. The quantitative estimate of drug-likeness (QED) is 0.794. The number of hydrogen-bond donors (Lipinski definition) is 1. The van der Waals surface area contributed by atoms with Gasteiger partial charge in [0.25, 0.3) is 5.91 Å². The Bertz CT molecular complexity index is 812. The summed E-state index contributed by atoms with van der Waals surface area (Å²) in [5, 5.41) is 11.0. The van der Waals surface area contributed by atoms with Crippen molar-refractivity contribution in [3.05, 3.63) is 64.0 Å². The zero-order valence-electron chi connectivity index (χ0n) is 11.4. The van der Waals surface area contributed by atoms with Crippen LogP contribution in [0.15, 0.2) is 47.1 Å². The number of rotatable bonds is 3. The molecule has 0 aliphatic rings. The van der Waals surface area contributed by atoms with Gasteiger partial charge in [0.1, 0.15) is 0 Å². The fraction of sp³-hybridized carbons (Fsp3) is 0.133. The molecule has 3 rings (SSSR count). The van der Waals surface area contributed by atoms with E-state index >= 15 is 0 Å². The number of aryl methyl sites for hydroxylation is 1. The van der Waals surface area contributed by atoms with Crippen LogP contribution < -0.4 is 5.32 Å². The van der Waals surface area contributed by atoms with Crippen LogP contribution in [0, 0.1) is 6.92 Å². The summed E-state index contributed by atoms with van der Waals surface area (Å²) in [5.74, 6) is 0.553. The van der Waals surface area contributed by atoms with Crippen LogP contribution in [-0.2, 0) is 6.54 Å². The van der Waals surface area contributed by atoms with Gasteiger partial charge < -0.3 is 5.32 Å². The Labute approximate surface area is 130 Å². The van der Waals surface area contributed by atoms with E-state index in [0.717, 1.165) is 15.7 Å². The zero-order chi connectivity index (χ0) is 14.8. The second kappa shape index (κ2) is 5.65. The van der Waals surface area contributed by atoms with Crippen molar-refractivity contribution < 1.29 is 4.79 Å². The number of nitrogens with one attached hydrogen (secondary N) is 1. The summed E-state index contributed by atoms with van der Waals surface area (Å²) in [4.78, 5) is 12.2. The minimum Gasteiger partial charge on any atom is -0.345 e. The van der Waals surface area contributed by atoms with Crippen LogP contribution in [0.4, 0.5) is 0 Å². The van der Waals surface area contributed by atoms with E-state index < -0.39 is 0 Å². The molecule has 2 aromatic heterocycles. The van der Waals surface area contributed by atoms with Crippen LogP contribution in [0.1, 0.15) is 21.7 Å². The number of carbonyl (C=O) groups is 1. The number of benzene rings is 1. The molecule has 1 aromatic carbocycles. The van der Waals surface area contributed by atoms with E-state index in [9.17, 15) is 4.79 Å². The van der Waals surface area contributed by atoms with Crippen molar-refractivity contribution >= 4 is 27.5 Å². The number of aromatic nitrogens is 3. The van der Waals surface area contributed by atoms with Crippen LogP contribution >= 0.6 is 15.9 Å². The summed E-state index contributed by atoms with van der Waals surface area (Å²) in [6, 6.07) is 11.3. The molecule has 0 unspecified atom stereocenters. The molecule has 0 atom stereocenters. The van der Waals surface area contributed by atoms with Gasteiger partial charge in [-0.1, -0.05) is 12.1 Å². The standard InChI is InChI=1S/C15H13BrN4O/c1-10-5-6-11(12(16)8-10)15(21)17-9-14-19-18-13-4-2-3-7-20(13)14/h2-8H,9H2,1H3,(H,17,21). The van der Waals surface area contributed by atoms with E-state index in [1.54, 1.807) is 6.07 Å².